The molecule has 0 aliphatic heterocycles. The van der Waals surface area contributed by atoms with Gasteiger partial charge in [-0.1, -0.05) is 37.3 Å². The Balaban J connectivity index is 1.92. The van der Waals surface area contributed by atoms with Gasteiger partial charge in [0.25, 0.3) is 0 Å². The van der Waals surface area contributed by atoms with E-state index in [2.05, 4.69) is 55.2 Å². The summed E-state index contributed by atoms with van der Waals surface area (Å²) in [5.74, 6) is 0.966. The molecule has 1 aromatic carbocycles. The van der Waals surface area contributed by atoms with Crippen LogP contribution in [0.1, 0.15) is 30.0 Å². The summed E-state index contributed by atoms with van der Waals surface area (Å²) in [6, 6.07) is 13.0. The summed E-state index contributed by atoms with van der Waals surface area (Å²) in [6.45, 7) is 4.27. The first-order valence-electron chi connectivity index (χ1n) is 7.07. The summed E-state index contributed by atoms with van der Waals surface area (Å²) in [5.41, 5.74) is 9.89. The van der Waals surface area contributed by atoms with E-state index in [1.807, 2.05) is 6.20 Å². The number of benzene rings is 1. The molecule has 0 amide bonds. The predicted molar refractivity (Wildman–Crippen MR) is 86.9 cm³/mol. The zero-order valence-electron chi connectivity index (χ0n) is 12.2. The van der Waals surface area contributed by atoms with E-state index < -0.39 is 0 Å². The number of pyridine rings is 1. The first kappa shape index (κ1) is 15.1. The Kier molecular flexibility index (Phi) is 5.62. The average molecular weight is 286 g/mol. The van der Waals surface area contributed by atoms with Crippen molar-refractivity contribution in [3.63, 3.8) is 0 Å². The van der Waals surface area contributed by atoms with Gasteiger partial charge in [-0.25, -0.2) is 4.98 Å². The van der Waals surface area contributed by atoms with Gasteiger partial charge < -0.3 is 5.73 Å². The Hall–Kier alpha value is -1.32. The molecule has 1 unspecified atom stereocenters. The summed E-state index contributed by atoms with van der Waals surface area (Å²) in [7, 11) is 0. The molecule has 20 heavy (non-hydrogen) atoms. The van der Waals surface area contributed by atoms with Crippen molar-refractivity contribution < 1.29 is 0 Å². The van der Waals surface area contributed by atoms with E-state index in [0.717, 1.165) is 23.6 Å². The third-order valence-electron chi connectivity index (χ3n) is 3.46. The summed E-state index contributed by atoms with van der Waals surface area (Å²) in [5, 5.41) is 1.07. The molecule has 0 saturated carbocycles. The Morgan fingerprint density at radius 2 is 2.00 bits per heavy atom. The molecule has 3 heteroatoms. The molecule has 0 spiro atoms. The standard InChI is InChI=1S/C17H22N2S/c1-3-16(18)10-14-8-9-17(19-11-14)20-12-15-7-5-4-6-13(15)2/h4-9,11,16H,3,10,12,18H2,1-2H3. The van der Waals surface area contributed by atoms with Crippen molar-refractivity contribution in [3.05, 3.63) is 59.3 Å². The minimum absolute atomic E-state index is 0.238. The van der Waals surface area contributed by atoms with Crippen LogP contribution in [0, 0.1) is 6.92 Å². The Labute approximate surface area is 125 Å². The SMILES string of the molecule is CCC(N)Cc1ccc(SCc2ccccc2C)nc1. The summed E-state index contributed by atoms with van der Waals surface area (Å²) in [4.78, 5) is 4.52. The molecule has 1 heterocycles. The second-order valence-corrected chi connectivity index (χ2v) is 6.09. The minimum Gasteiger partial charge on any atom is -0.327 e. The quantitative estimate of drug-likeness (QED) is 0.817. The van der Waals surface area contributed by atoms with Crippen molar-refractivity contribution in [3.8, 4) is 0 Å². The van der Waals surface area contributed by atoms with Crippen LogP contribution < -0.4 is 5.73 Å². The zero-order valence-corrected chi connectivity index (χ0v) is 13.0. The van der Waals surface area contributed by atoms with E-state index in [1.165, 1.54) is 16.7 Å². The lowest BCUT2D eigenvalue weighted by molar-refractivity contribution is 0.644. The van der Waals surface area contributed by atoms with Crippen LogP contribution >= 0.6 is 11.8 Å². The molecule has 2 nitrogen and oxygen atoms in total. The topological polar surface area (TPSA) is 38.9 Å². The van der Waals surface area contributed by atoms with E-state index in [1.54, 1.807) is 11.8 Å². The second-order valence-electron chi connectivity index (χ2n) is 5.09. The van der Waals surface area contributed by atoms with Gasteiger partial charge in [-0.3, -0.25) is 0 Å². The lowest BCUT2D eigenvalue weighted by atomic mass is 10.1. The Morgan fingerprint density at radius 1 is 1.20 bits per heavy atom. The first-order valence-corrected chi connectivity index (χ1v) is 8.05. The minimum atomic E-state index is 0.238. The van der Waals surface area contributed by atoms with Crippen molar-refractivity contribution in [2.75, 3.05) is 0 Å². The van der Waals surface area contributed by atoms with Crippen molar-refractivity contribution in [1.82, 2.24) is 4.98 Å². The third-order valence-corrected chi connectivity index (χ3v) is 4.45. The predicted octanol–water partition coefficient (Wildman–Crippen LogP) is 3.96. The third kappa shape index (κ3) is 4.36. The van der Waals surface area contributed by atoms with Gasteiger partial charge in [0.15, 0.2) is 0 Å². The Morgan fingerprint density at radius 3 is 2.65 bits per heavy atom. The molecule has 1 atom stereocenters. The number of hydrogen-bond acceptors (Lipinski definition) is 3. The largest absolute Gasteiger partial charge is 0.327 e. The smallest absolute Gasteiger partial charge is 0.0963 e. The molecular formula is C17H22N2S. The van der Waals surface area contributed by atoms with E-state index in [9.17, 15) is 0 Å². The lowest BCUT2D eigenvalue weighted by Gasteiger charge is -2.09. The maximum atomic E-state index is 5.96. The number of nitrogens with two attached hydrogens (primary N) is 1. The van der Waals surface area contributed by atoms with Crippen LogP contribution in [0.3, 0.4) is 0 Å². The highest BCUT2D eigenvalue weighted by Crippen LogP contribution is 2.22. The normalized spacial score (nSPS) is 12.3. The van der Waals surface area contributed by atoms with E-state index >= 15 is 0 Å². The van der Waals surface area contributed by atoms with Crippen molar-refractivity contribution >= 4 is 11.8 Å². The van der Waals surface area contributed by atoms with Gasteiger partial charge in [0.1, 0.15) is 0 Å². The fraction of sp³-hybridized carbons (Fsp3) is 0.353. The highest BCUT2D eigenvalue weighted by atomic mass is 32.2. The van der Waals surface area contributed by atoms with Gasteiger partial charge in [0.2, 0.25) is 0 Å². The second kappa shape index (κ2) is 7.46. The van der Waals surface area contributed by atoms with Crippen LogP contribution in [0.5, 0.6) is 0 Å². The van der Waals surface area contributed by atoms with Crippen LogP contribution in [0.15, 0.2) is 47.6 Å². The monoisotopic (exact) mass is 286 g/mol. The highest BCUT2D eigenvalue weighted by Gasteiger charge is 2.03. The van der Waals surface area contributed by atoms with E-state index in [0.29, 0.717) is 0 Å². The van der Waals surface area contributed by atoms with Crippen LogP contribution in [0.4, 0.5) is 0 Å². The molecule has 0 bridgehead atoms. The number of hydrogen-bond donors (Lipinski definition) is 1. The van der Waals surface area contributed by atoms with Gasteiger partial charge in [-0.15, -0.1) is 11.8 Å². The molecule has 0 aliphatic rings. The molecule has 106 valence electrons. The summed E-state index contributed by atoms with van der Waals surface area (Å²) in [6.07, 6.45) is 3.87. The number of nitrogens with zero attached hydrogens (tertiary/aromatic N) is 1. The van der Waals surface area contributed by atoms with E-state index in [-0.39, 0.29) is 6.04 Å². The molecule has 0 fully saturated rings. The van der Waals surface area contributed by atoms with Crippen molar-refractivity contribution in [1.29, 1.82) is 0 Å². The van der Waals surface area contributed by atoms with Gasteiger partial charge in [0, 0.05) is 18.0 Å². The van der Waals surface area contributed by atoms with Gasteiger partial charge in [0.05, 0.1) is 5.03 Å². The summed E-state index contributed by atoms with van der Waals surface area (Å²) >= 11 is 1.78. The molecule has 0 aliphatic carbocycles. The average Bonchev–Trinajstić information content (AvgIpc) is 2.48. The molecule has 1 aromatic heterocycles. The molecule has 2 N–H and O–H groups in total. The molecule has 2 aromatic rings. The Bertz CT molecular complexity index is 537. The van der Waals surface area contributed by atoms with Crippen LogP contribution in [-0.4, -0.2) is 11.0 Å². The summed E-state index contributed by atoms with van der Waals surface area (Å²) < 4.78 is 0. The van der Waals surface area contributed by atoms with Gasteiger partial charge >= 0.3 is 0 Å². The zero-order chi connectivity index (χ0) is 14.4. The molecule has 0 saturated heterocycles. The van der Waals surface area contributed by atoms with Crippen LogP contribution in [0.25, 0.3) is 0 Å². The van der Waals surface area contributed by atoms with Crippen LogP contribution in [0.2, 0.25) is 0 Å². The number of aryl methyl sites for hydroxylation is 1. The number of thioether (sulfide) groups is 1. The maximum Gasteiger partial charge on any atom is 0.0963 e. The lowest BCUT2D eigenvalue weighted by Crippen LogP contribution is -2.21. The molecule has 2 rings (SSSR count). The molecule has 0 radical (unpaired) electrons. The fourth-order valence-corrected chi connectivity index (χ4v) is 2.91. The maximum absolute atomic E-state index is 5.96. The fourth-order valence-electron chi connectivity index (χ4n) is 1.99. The van der Waals surface area contributed by atoms with Gasteiger partial charge in [-0.2, -0.15) is 0 Å². The van der Waals surface area contributed by atoms with Crippen molar-refractivity contribution in [2.45, 2.75) is 43.5 Å². The molecular weight excluding hydrogens is 264 g/mol. The number of rotatable bonds is 6. The first-order chi connectivity index (χ1) is 9.69. The van der Waals surface area contributed by atoms with Crippen molar-refractivity contribution in [2.24, 2.45) is 5.73 Å². The highest BCUT2D eigenvalue weighted by molar-refractivity contribution is 7.98. The number of aromatic nitrogens is 1. The van der Waals surface area contributed by atoms with Gasteiger partial charge in [-0.05, 0) is 42.5 Å². The van der Waals surface area contributed by atoms with Crippen LogP contribution in [-0.2, 0) is 12.2 Å². The van der Waals surface area contributed by atoms with E-state index in [4.69, 9.17) is 5.73 Å².